The molecule has 1 atom stereocenters. The predicted octanol–water partition coefficient (Wildman–Crippen LogP) is 0.721. The summed E-state index contributed by atoms with van der Waals surface area (Å²) in [5, 5.41) is 2.76. The third-order valence-corrected chi connectivity index (χ3v) is 3.62. The van der Waals surface area contributed by atoms with Crippen molar-refractivity contribution in [2.24, 2.45) is 0 Å². The standard InChI is InChI=1S/C13H16ClFN2O2/c1-9(17-4-6-19-7-5-17)13(18)16-10-2-3-12(15)11(14)8-10/h2-3,8-9H,4-7H2,1H3,(H,16,18)/p+1/t9-/m1/s1. The van der Waals surface area contributed by atoms with Gasteiger partial charge in [0.1, 0.15) is 18.9 Å². The minimum atomic E-state index is -0.494. The molecule has 1 fully saturated rings. The van der Waals surface area contributed by atoms with Gasteiger partial charge in [0.05, 0.1) is 18.2 Å². The Hall–Kier alpha value is -1.17. The van der Waals surface area contributed by atoms with Crippen molar-refractivity contribution in [3.63, 3.8) is 0 Å². The van der Waals surface area contributed by atoms with E-state index in [4.69, 9.17) is 16.3 Å². The van der Waals surface area contributed by atoms with Gasteiger partial charge in [-0.25, -0.2) is 4.39 Å². The lowest BCUT2D eigenvalue weighted by Gasteiger charge is -2.28. The summed E-state index contributed by atoms with van der Waals surface area (Å²) in [6.45, 7) is 4.86. The van der Waals surface area contributed by atoms with Crippen LogP contribution in [0.15, 0.2) is 18.2 Å². The Morgan fingerprint density at radius 2 is 2.16 bits per heavy atom. The lowest BCUT2D eigenvalue weighted by Crippen LogP contribution is -3.18. The first-order chi connectivity index (χ1) is 9.08. The molecule has 6 heteroatoms. The van der Waals surface area contributed by atoms with Crippen LogP contribution >= 0.6 is 11.6 Å². The van der Waals surface area contributed by atoms with Crippen molar-refractivity contribution in [2.75, 3.05) is 31.6 Å². The van der Waals surface area contributed by atoms with Crippen LogP contribution in [0.5, 0.6) is 0 Å². The van der Waals surface area contributed by atoms with E-state index < -0.39 is 5.82 Å². The smallest absolute Gasteiger partial charge is 0.282 e. The summed E-state index contributed by atoms with van der Waals surface area (Å²) in [5.74, 6) is -0.592. The second-order valence-corrected chi connectivity index (χ2v) is 5.02. The van der Waals surface area contributed by atoms with E-state index in [2.05, 4.69) is 5.32 Å². The molecule has 1 aliphatic heterocycles. The van der Waals surface area contributed by atoms with Gasteiger partial charge in [0, 0.05) is 5.69 Å². The van der Waals surface area contributed by atoms with Crippen molar-refractivity contribution in [3.8, 4) is 0 Å². The van der Waals surface area contributed by atoms with Crippen LogP contribution in [-0.2, 0) is 9.53 Å². The Morgan fingerprint density at radius 3 is 2.79 bits per heavy atom. The molecule has 1 aliphatic rings. The van der Waals surface area contributed by atoms with E-state index in [1.54, 1.807) is 0 Å². The topological polar surface area (TPSA) is 42.8 Å². The molecule has 1 saturated heterocycles. The molecule has 0 aliphatic carbocycles. The van der Waals surface area contributed by atoms with Crippen molar-refractivity contribution >= 4 is 23.2 Å². The zero-order valence-electron chi connectivity index (χ0n) is 10.7. The summed E-state index contributed by atoms with van der Waals surface area (Å²) in [6, 6.07) is 3.98. The highest BCUT2D eigenvalue weighted by molar-refractivity contribution is 6.31. The summed E-state index contributed by atoms with van der Waals surface area (Å²) in [6.07, 6.45) is 0. The number of nitrogens with one attached hydrogen (secondary N) is 2. The first-order valence-corrected chi connectivity index (χ1v) is 6.64. The van der Waals surface area contributed by atoms with Gasteiger partial charge in [-0.1, -0.05) is 11.6 Å². The monoisotopic (exact) mass is 287 g/mol. The molecule has 0 spiro atoms. The Labute approximate surface area is 116 Å². The van der Waals surface area contributed by atoms with Crippen LogP contribution in [0.25, 0.3) is 0 Å². The maximum atomic E-state index is 13.0. The van der Waals surface area contributed by atoms with E-state index in [0.717, 1.165) is 13.1 Å². The minimum absolute atomic E-state index is 0.00386. The Morgan fingerprint density at radius 1 is 1.47 bits per heavy atom. The highest BCUT2D eigenvalue weighted by Crippen LogP contribution is 2.19. The van der Waals surface area contributed by atoms with Crippen LogP contribution in [0.3, 0.4) is 0 Å². The molecule has 0 bridgehead atoms. The lowest BCUT2D eigenvalue weighted by molar-refractivity contribution is -0.921. The van der Waals surface area contributed by atoms with Crippen molar-refractivity contribution in [1.29, 1.82) is 0 Å². The number of benzene rings is 1. The second kappa shape index (κ2) is 6.32. The molecule has 1 aromatic rings. The molecule has 0 unspecified atom stereocenters. The van der Waals surface area contributed by atoms with Gasteiger partial charge >= 0.3 is 0 Å². The van der Waals surface area contributed by atoms with Crippen LogP contribution < -0.4 is 10.2 Å². The Balaban J connectivity index is 1.97. The third kappa shape index (κ3) is 3.65. The molecule has 2 rings (SSSR count). The van der Waals surface area contributed by atoms with Crippen molar-refractivity contribution in [3.05, 3.63) is 29.0 Å². The summed E-state index contributed by atoms with van der Waals surface area (Å²) in [5.41, 5.74) is 0.510. The number of anilines is 1. The summed E-state index contributed by atoms with van der Waals surface area (Å²) >= 11 is 5.68. The van der Waals surface area contributed by atoms with E-state index in [1.807, 2.05) is 6.92 Å². The fourth-order valence-corrected chi connectivity index (χ4v) is 2.26. The molecule has 4 nitrogen and oxygen atoms in total. The quantitative estimate of drug-likeness (QED) is 0.860. The van der Waals surface area contributed by atoms with E-state index in [9.17, 15) is 9.18 Å². The maximum absolute atomic E-state index is 13.0. The molecule has 1 amide bonds. The third-order valence-electron chi connectivity index (χ3n) is 3.33. The summed E-state index contributed by atoms with van der Waals surface area (Å²) in [4.78, 5) is 13.3. The van der Waals surface area contributed by atoms with Gasteiger partial charge in [-0.2, -0.15) is 0 Å². The van der Waals surface area contributed by atoms with Crippen LogP contribution in [-0.4, -0.2) is 38.3 Å². The molecule has 0 aromatic heterocycles. The number of rotatable bonds is 3. The number of hydrogen-bond donors (Lipinski definition) is 2. The van der Waals surface area contributed by atoms with Gasteiger partial charge in [-0.05, 0) is 25.1 Å². The average molecular weight is 288 g/mol. The number of hydrogen-bond acceptors (Lipinski definition) is 2. The SMILES string of the molecule is C[C@H](C(=O)Nc1ccc(F)c(Cl)c1)[NH+]1CCOCC1. The zero-order chi connectivity index (χ0) is 13.8. The minimum Gasteiger partial charge on any atom is -0.370 e. The number of halogens is 2. The molecular weight excluding hydrogens is 271 g/mol. The number of carbonyl (C=O) groups is 1. The summed E-state index contributed by atoms with van der Waals surface area (Å²) < 4.78 is 18.3. The van der Waals surface area contributed by atoms with Gasteiger partial charge in [0.25, 0.3) is 5.91 Å². The van der Waals surface area contributed by atoms with Crippen molar-refractivity contribution < 1.29 is 18.8 Å². The van der Waals surface area contributed by atoms with Gasteiger partial charge in [0.2, 0.25) is 0 Å². The second-order valence-electron chi connectivity index (χ2n) is 4.61. The lowest BCUT2D eigenvalue weighted by atomic mass is 10.2. The predicted molar refractivity (Wildman–Crippen MR) is 71.0 cm³/mol. The number of quaternary nitrogens is 1. The molecule has 0 saturated carbocycles. The first kappa shape index (κ1) is 14.2. The molecule has 1 heterocycles. The number of morpholine rings is 1. The van der Waals surface area contributed by atoms with Crippen LogP contribution in [0, 0.1) is 5.82 Å². The molecule has 104 valence electrons. The highest BCUT2D eigenvalue weighted by Gasteiger charge is 2.26. The molecule has 0 radical (unpaired) electrons. The fraction of sp³-hybridized carbons (Fsp3) is 0.462. The highest BCUT2D eigenvalue weighted by atomic mass is 35.5. The maximum Gasteiger partial charge on any atom is 0.282 e. The number of ether oxygens (including phenoxy) is 1. The van der Waals surface area contributed by atoms with Gasteiger partial charge < -0.3 is 15.0 Å². The zero-order valence-corrected chi connectivity index (χ0v) is 11.5. The van der Waals surface area contributed by atoms with Gasteiger partial charge in [-0.3, -0.25) is 4.79 Å². The van der Waals surface area contributed by atoms with Crippen LogP contribution in [0.4, 0.5) is 10.1 Å². The van der Waals surface area contributed by atoms with E-state index in [-0.39, 0.29) is 17.0 Å². The van der Waals surface area contributed by atoms with Crippen molar-refractivity contribution in [1.82, 2.24) is 0 Å². The fourth-order valence-electron chi connectivity index (χ4n) is 2.08. The van der Waals surface area contributed by atoms with Gasteiger partial charge in [0.15, 0.2) is 6.04 Å². The average Bonchev–Trinajstić information content (AvgIpc) is 2.43. The van der Waals surface area contributed by atoms with E-state index in [0.29, 0.717) is 18.9 Å². The Bertz CT molecular complexity index is 464. The molecule has 2 N–H and O–H groups in total. The van der Waals surface area contributed by atoms with Crippen LogP contribution in [0.2, 0.25) is 5.02 Å². The summed E-state index contributed by atoms with van der Waals surface area (Å²) in [7, 11) is 0. The van der Waals surface area contributed by atoms with E-state index >= 15 is 0 Å². The van der Waals surface area contributed by atoms with E-state index in [1.165, 1.54) is 23.1 Å². The van der Waals surface area contributed by atoms with Crippen LogP contribution in [0.1, 0.15) is 6.92 Å². The number of amides is 1. The largest absolute Gasteiger partial charge is 0.370 e. The Kier molecular flexibility index (Phi) is 4.74. The normalized spacial score (nSPS) is 18.1. The molecular formula is C13H17ClFN2O2+. The number of carbonyl (C=O) groups excluding carboxylic acids is 1. The van der Waals surface area contributed by atoms with Gasteiger partial charge in [-0.15, -0.1) is 0 Å². The molecule has 1 aromatic carbocycles. The first-order valence-electron chi connectivity index (χ1n) is 6.26. The van der Waals surface area contributed by atoms with Crippen molar-refractivity contribution in [2.45, 2.75) is 13.0 Å². The molecule has 19 heavy (non-hydrogen) atoms.